The molecule has 0 radical (unpaired) electrons. The maximum Gasteiger partial charge on any atom is 0.368 e. The van der Waals surface area contributed by atoms with Gasteiger partial charge in [-0.1, -0.05) is 18.2 Å². The van der Waals surface area contributed by atoms with Gasteiger partial charge in [-0.25, -0.2) is 0 Å². The van der Waals surface area contributed by atoms with Crippen molar-refractivity contribution in [1.29, 1.82) is 0 Å². The van der Waals surface area contributed by atoms with Gasteiger partial charge in [0.25, 0.3) is 0 Å². The van der Waals surface area contributed by atoms with Crippen molar-refractivity contribution in [3.05, 3.63) is 76.5 Å². The minimum absolute atomic E-state index is 0.107. The number of fused-ring (bicyclic) bond motifs is 2. The maximum atomic E-state index is 12.1. The number of piperidine rings is 1. The van der Waals surface area contributed by atoms with Crippen LogP contribution in [0.25, 0.3) is 33.4 Å². The summed E-state index contributed by atoms with van der Waals surface area (Å²) >= 11 is 0. The van der Waals surface area contributed by atoms with E-state index in [4.69, 9.17) is 9.15 Å². The van der Waals surface area contributed by atoms with E-state index in [0.717, 1.165) is 22.1 Å². The molecule has 3 aliphatic rings. The monoisotopic (exact) mass is 458 g/mol. The van der Waals surface area contributed by atoms with E-state index in [2.05, 4.69) is 0 Å². The molecule has 0 amide bonds. The quantitative estimate of drug-likeness (QED) is 0.267. The Morgan fingerprint density at radius 1 is 1.00 bits per heavy atom. The smallest absolute Gasteiger partial charge is 0.368 e. The van der Waals surface area contributed by atoms with E-state index >= 15 is 0 Å². The molecule has 2 heterocycles. The number of hydrogen-bond donors (Lipinski definition) is 2. The van der Waals surface area contributed by atoms with Crippen molar-refractivity contribution >= 4 is 22.8 Å². The lowest BCUT2D eigenvalue weighted by Gasteiger charge is -2.19. The lowest BCUT2D eigenvalue weighted by molar-refractivity contribution is -0.546. The predicted molar refractivity (Wildman–Crippen MR) is 128 cm³/mol. The molecular weight excluding hydrogens is 434 g/mol. The Morgan fingerprint density at radius 2 is 1.76 bits per heavy atom. The Morgan fingerprint density at radius 3 is 2.50 bits per heavy atom. The maximum absolute atomic E-state index is 12.1. The molecule has 0 spiro atoms. The Hall–Kier alpha value is -4.13. The Labute approximate surface area is 195 Å². The van der Waals surface area contributed by atoms with E-state index in [1.54, 1.807) is 19.2 Å². The molecule has 7 nitrogen and oxygen atoms in total. The van der Waals surface area contributed by atoms with Crippen LogP contribution in [0.5, 0.6) is 5.75 Å². The second-order valence-electron chi connectivity index (χ2n) is 8.47. The van der Waals surface area contributed by atoms with Crippen LogP contribution in [0.4, 0.5) is 0 Å². The van der Waals surface area contributed by atoms with Crippen LogP contribution in [-0.2, 0) is 4.79 Å². The first-order valence-electron chi connectivity index (χ1n) is 11.1. The first kappa shape index (κ1) is 21.7. The van der Waals surface area contributed by atoms with Crippen LogP contribution in [0.1, 0.15) is 18.4 Å². The third kappa shape index (κ3) is 3.79. The van der Waals surface area contributed by atoms with Crippen LogP contribution in [0.3, 0.4) is 0 Å². The summed E-state index contributed by atoms with van der Waals surface area (Å²) in [7, 11) is 1.58. The standard InChI is InChI=1S/C27H23NO6/c1-33-18-7-9-22-24(15-18)34-23-14-17(29)6-8-21(23)25(22)19-4-2-3-5-20(19)26(30)28-12-10-16(11-13-28)27(31)32/h2-9,14-16H,10-13H2,1H3,(H,31,32)/p+1. The molecule has 0 bridgehead atoms. The van der Waals surface area contributed by atoms with Gasteiger partial charge >= 0.3 is 11.9 Å². The number of ether oxygens (including phenoxy) is 1. The predicted octanol–water partition coefficient (Wildman–Crippen LogP) is 4.39. The van der Waals surface area contributed by atoms with E-state index in [1.165, 1.54) is 12.1 Å². The van der Waals surface area contributed by atoms with Crippen molar-refractivity contribution in [3.8, 4) is 28.2 Å². The Kier molecular flexibility index (Phi) is 5.53. The highest BCUT2D eigenvalue weighted by Gasteiger charge is 2.31. The van der Waals surface area contributed by atoms with Crippen LogP contribution < -0.4 is 10.2 Å². The second kappa shape index (κ2) is 8.67. The number of carboxylic acid groups (broad SMARTS) is 1. The summed E-state index contributed by atoms with van der Waals surface area (Å²) in [6, 6.07) is 17.8. The van der Waals surface area contributed by atoms with Gasteiger partial charge in [-0.2, -0.15) is 4.58 Å². The van der Waals surface area contributed by atoms with Gasteiger partial charge < -0.3 is 19.4 Å². The fourth-order valence-corrected chi connectivity index (χ4v) is 4.67. The fourth-order valence-electron chi connectivity index (χ4n) is 4.67. The van der Waals surface area contributed by atoms with Crippen LogP contribution >= 0.6 is 0 Å². The second-order valence-corrected chi connectivity index (χ2v) is 8.47. The largest absolute Gasteiger partial charge is 0.497 e. The highest BCUT2D eigenvalue weighted by Crippen LogP contribution is 2.42. The minimum Gasteiger partial charge on any atom is -0.497 e. The van der Waals surface area contributed by atoms with Crippen LogP contribution in [-0.4, -0.2) is 46.9 Å². The van der Waals surface area contributed by atoms with Gasteiger partial charge in [0.05, 0.1) is 18.6 Å². The van der Waals surface area contributed by atoms with Gasteiger partial charge in [0, 0.05) is 47.1 Å². The molecule has 0 saturated carbocycles. The molecule has 0 unspecified atom stereocenters. The summed E-state index contributed by atoms with van der Waals surface area (Å²) in [5.41, 5.74) is 3.41. The third-order valence-corrected chi connectivity index (χ3v) is 6.48. The number of hydrogen-bond acceptors (Lipinski definition) is 4. The van der Waals surface area contributed by atoms with Gasteiger partial charge in [-0.3, -0.25) is 9.59 Å². The molecule has 2 N–H and O–H groups in total. The van der Waals surface area contributed by atoms with Gasteiger partial charge in [-0.05, 0) is 30.3 Å². The van der Waals surface area contributed by atoms with E-state index < -0.39 is 5.97 Å². The molecule has 172 valence electrons. The van der Waals surface area contributed by atoms with Gasteiger partial charge in [0.2, 0.25) is 0 Å². The molecular formula is C27H24NO6+. The molecule has 1 fully saturated rings. The molecule has 2 aromatic rings. The number of nitrogens with zero attached hydrogens (tertiary/aromatic N) is 1. The zero-order valence-electron chi connectivity index (χ0n) is 18.7. The first-order chi connectivity index (χ1) is 16.5. The molecule has 7 heteroatoms. The number of methoxy groups -OCH3 is 1. The number of carboxylic acids is 1. The zero-order chi connectivity index (χ0) is 23.8. The summed E-state index contributed by atoms with van der Waals surface area (Å²) in [5.74, 6) is -0.00278. The molecule has 5 rings (SSSR count). The zero-order valence-corrected chi connectivity index (χ0v) is 18.7. The van der Waals surface area contributed by atoms with Crippen molar-refractivity contribution in [2.24, 2.45) is 5.92 Å². The van der Waals surface area contributed by atoms with Gasteiger partial charge in [0.15, 0.2) is 5.43 Å². The minimum atomic E-state index is -0.793. The number of carbonyl (C=O) groups is 1. The van der Waals surface area contributed by atoms with Crippen LogP contribution in [0.2, 0.25) is 0 Å². The molecule has 1 saturated heterocycles. The molecule has 0 atom stereocenters. The number of aliphatic carboxylic acids is 1. The number of aliphatic hydroxyl groups excluding tert-OH is 1. The van der Waals surface area contributed by atoms with Gasteiger partial charge in [-0.15, -0.1) is 0 Å². The Balaban J connectivity index is 1.73. The molecule has 2 aliphatic heterocycles. The summed E-state index contributed by atoms with van der Waals surface area (Å²) < 4.78 is 13.3. The Bertz CT molecular complexity index is 1460. The van der Waals surface area contributed by atoms with Crippen LogP contribution in [0.15, 0.2) is 69.9 Å². The lowest BCUT2D eigenvalue weighted by Crippen LogP contribution is -2.34. The number of aliphatic hydroxyl groups is 1. The van der Waals surface area contributed by atoms with E-state index in [9.17, 15) is 19.8 Å². The van der Waals surface area contributed by atoms with E-state index in [-0.39, 0.29) is 17.2 Å². The topological polar surface area (TPSA) is 100.0 Å². The highest BCUT2D eigenvalue weighted by atomic mass is 16.5. The lowest BCUT2D eigenvalue weighted by atomic mass is 9.90. The van der Waals surface area contributed by atoms with E-state index in [0.29, 0.717) is 48.6 Å². The number of benzene rings is 3. The summed E-state index contributed by atoms with van der Waals surface area (Å²) in [4.78, 5) is 23.4. The van der Waals surface area contributed by atoms with Crippen molar-refractivity contribution < 1.29 is 28.7 Å². The summed E-state index contributed by atoms with van der Waals surface area (Å²) in [6.45, 7) is 0.916. The molecule has 1 aliphatic carbocycles. The fraction of sp³-hybridized carbons (Fsp3) is 0.222. The van der Waals surface area contributed by atoms with Crippen molar-refractivity contribution in [2.45, 2.75) is 12.8 Å². The summed E-state index contributed by atoms with van der Waals surface area (Å²) in [6.07, 6.45) is 0.952. The molecule has 34 heavy (non-hydrogen) atoms. The van der Waals surface area contributed by atoms with E-state index in [1.807, 2.05) is 41.0 Å². The van der Waals surface area contributed by atoms with Crippen molar-refractivity contribution in [1.82, 2.24) is 0 Å². The third-order valence-electron chi connectivity index (χ3n) is 6.48. The normalized spacial score (nSPS) is 16.0. The van der Waals surface area contributed by atoms with Crippen LogP contribution in [0, 0.1) is 5.92 Å². The first-order valence-corrected chi connectivity index (χ1v) is 11.1. The highest BCUT2D eigenvalue weighted by molar-refractivity contribution is 6.07. The molecule has 0 aromatic heterocycles. The average Bonchev–Trinajstić information content (AvgIpc) is 2.86. The van der Waals surface area contributed by atoms with Gasteiger partial charge in [0.1, 0.15) is 30.2 Å². The number of rotatable bonds is 4. The van der Waals surface area contributed by atoms with Crippen molar-refractivity contribution in [2.75, 3.05) is 20.2 Å². The average molecular weight is 458 g/mol. The van der Waals surface area contributed by atoms with Crippen molar-refractivity contribution in [3.63, 3.8) is 0 Å². The SMILES string of the molecule is COc1ccc2c(-c3ccccc3C(O)=[N+]3CCC(C(=O)O)CC3)c3ccc(=O)cc-3oc2c1. The summed E-state index contributed by atoms with van der Waals surface area (Å²) in [5, 5.41) is 21.4. The molecule has 2 aromatic carbocycles.